The molecule has 0 fully saturated rings. The molecule has 0 saturated carbocycles. The van der Waals surface area contributed by atoms with Gasteiger partial charge in [-0.25, -0.2) is 4.79 Å². The Morgan fingerprint density at radius 1 is 1.20 bits per heavy atom. The van der Waals surface area contributed by atoms with Crippen LogP contribution in [-0.4, -0.2) is 28.5 Å². The molecule has 102 valence electrons. The highest BCUT2D eigenvalue weighted by Crippen LogP contribution is 2.30. The summed E-state index contributed by atoms with van der Waals surface area (Å²) in [6.07, 6.45) is 3.15. The molecule has 3 rings (SSSR count). The molecule has 1 aliphatic rings. The lowest BCUT2D eigenvalue weighted by atomic mass is 9.96. The fraction of sp³-hybridized carbons (Fsp3) is 0.200. The molecule has 0 radical (unpaired) electrons. The number of carboxylic acids is 1. The molecule has 0 unspecified atom stereocenters. The second-order valence-electron chi connectivity index (χ2n) is 4.75. The number of anilines is 1. The Bertz CT molecular complexity index is 662. The van der Waals surface area contributed by atoms with E-state index in [2.05, 4.69) is 4.98 Å². The van der Waals surface area contributed by atoms with Crippen LogP contribution in [0.3, 0.4) is 0 Å². The van der Waals surface area contributed by atoms with Gasteiger partial charge in [0, 0.05) is 18.4 Å². The molecule has 2 heterocycles. The summed E-state index contributed by atoms with van der Waals surface area (Å²) in [5, 5.41) is 9.24. The Morgan fingerprint density at radius 2 is 2.05 bits per heavy atom. The van der Waals surface area contributed by atoms with Crippen LogP contribution < -0.4 is 4.90 Å². The molecule has 20 heavy (non-hydrogen) atoms. The molecule has 1 aromatic heterocycles. The Kier molecular flexibility index (Phi) is 3.02. The summed E-state index contributed by atoms with van der Waals surface area (Å²) in [6, 6.07) is 8.57. The van der Waals surface area contributed by atoms with Gasteiger partial charge in [0.05, 0.1) is 5.56 Å². The number of nitrogens with zero attached hydrogens (tertiary/aromatic N) is 1. The van der Waals surface area contributed by atoms with Gasteiger partial charge >= 0.3 is 5.97 Å². The van der Waals surface area contributed by atoms with E-state index in [-0.39, 0.29) is 11.5 Å². The Balaban J connectivity index is 2.05. The molecule has 1 aliphatic heterocycles. The number of aromatic carboxylic acids is 1. The minimum Gasteiger partial charge on any atom is -0.478 e. The van der Waals surface area contributed by atoms with E-state index < -0.39 is 5.97 Å². The predicted molar refractivity (Wildman–Crippen MR) is 74.2 cm³/mol. The highest BCUT2D eigenvalue weighted by molar-refractivity contribution is 6.06. The third kappa shape index (κ3) is 1.97. The number of carbonyl (C=O) groups is 2. The molecule has 0 bridgehead atoms. The molecular formula is C15H14N2O3. The average molecular weight is 270 g/mol. The van der Waals surface area contributed by atoms with Crippen molar-refractivity contribution in [2.24, 2.45) is 0 Å². The molecule has 0 aliphatic carbocycles. The number of nitrogens with one attached hydrogen (secondary N) is 1. The smallest absolute Gasteiger partial charge is 0.336 e. The largest absolute Gasteiger partial charge is 0.478 e. The van der Waals surface area contributed by atoms with Crippen LogP contribution in [0.4, 0.5) is 5.69 Å². The predicted octanol–water partition coefficient (Wildman–Crippen LogP) is 2.31. The lowest BCUT2D eigenvalue weighted by Gasteiger charge is -2.30. The van der Waals surface area contributed by atoms with Crippen molar-refractivity contribution in [1.29, 1.82) is 0 Å². The standard InChI is InChI=1S/C15H14N2O3/c18-14(12-6-2-8-16-12)17-9-3-5-10-11(15(19)20)4-1-7-13(10)17/h1-2,4,6-8,16H,3,5,9H2,(H,19,20). The molecule has 0 atom stereocenters. The molecule has 5 nitrogen and oxygen atoms in total. The van der Waals surface area contributed by atoms with E-state index in [9.17, 15) is 14.7 Å². The van der Waals surface area contributed by atoms with E-state index >= 15 is 0 Å². The summed E-state index contributed by atoms with van der Waals surface area (Å²) < 4.78 is 0. The van der Waals surface area contributed by atoms with Crippen LogP contribution in [0.1, 0.15) is 32.8 Å². The third-order valence-electron chi connectivity index (χ3n) is 3.55. The number of hydrogen-bond donors (Lipinski definition) is 2. The first-order valence-electron chi connectivity index (χ1n) is 6.49. The number of carbonyl (C=O) groups excluding carboxylic acids is 1. The average Bonchev–Trinajstić information content (AvgIpc) is 2.99. The summed E-state index contributed by atoms with van der Waals surface area (Å²) >= 11 is 0. The van der Waals surface area contributed by atoms with E-state index in [1.807, 2.05) is 6.07 Å². The first kappa shape index (κ1) is 12.5. The maximum absolute atomic E-state index is 12.5. The van der Waals surface area contributed by atoms with Gasteiger partial charge in [-0.1, -0.05) is 6.07 Å². The number of aromatic amines is 1. The number of amides is 1. The topological polar surface area (TPSA) is 73.4 Å². The summed E-state index contributed by atoms with van der Waals surface area (Å²) in [6.45, 7) is 0.605. The highest BCUT2D eigenvalue weighted by atomic mass is 16.4. The summed E-state index contributed by atoms with van der Waals surface area (Å²) in [5.41, 5.74) is 2.24. The van der Waals surface area contributed by atoms with Gasteiger partial charge in [-0.2, -0.15) is 0 Å². The summed E-state index contributed by atoms with van der Waals surface area (Å²) in [5.74, 6) is -1.07. The lowest BCUT2D eigenvalue weighted by molar-refractivity contribution is 0.0695. The number of rotatable bonds is 2. The highest BCUT2D eigenvalue weighted by Gasteiger charge is 2.26. The first-order chi connectivity index (χ1) is 9.68. The molecule has 0 saturated heterocycles. The molecule has 0 spiro atoms. The second-order valence-corrected chi connectivity index (χ2v) is 4.75. The number of carboxylic acid groups (broad SMARTS) is 1. The van der Waals surface area contributed by atoms with E-state index in [1.165, 1.54) is 0 Å². The SMILES string of the molecule is O=C(O)c1cccc2c1CCCN2C(=O)c1ccc[nH]1. The van der Waals surface area contributed by atoms with Gasteiger partial charge in [0.2, 0.25) is 0 Å². The van der Waals surface area contributed by atoms with Crippen molar-refractivity contribution in [2.45, 2.75) is 12.8 Å². The Morgan fingerprint density at radius 3 is 2.75 bits per heavy atom. The number of hydrogen-bond acceptors (Lipinski definition) is 2. The Hall–Kier alpha value is -2.56. The molecule has 1 amide bonds. The third-order valence-corrected chi connectivity index (χ3v) is 3.55. The normalized spacial score (nSPS) is 13.9. The van der Waals surface area contributed by atoms with Gasteiger partial charge in [-0.3, -0.25) is 4.79 Å². The fourth-order valence-electron chi connectivity index (χ4n) is 2.64. The summed E-state index contributed by atoms with van der Waals surface area (Å²) in [7, 11) is 0. The zero-order valence-corrected chi connectivity index (χ0v) is 10.8. The van der Waals surface area contributed by atoms with Crippen LogP contribution in [0.2, 0.25) is 0 Å². The van der Waals surface area contributed by atoms with Crippen LogP contribution in [0.5, 0.6) is 0 Å². The quantitative estimate of drug-likeness (QED) is 0.879. The second kappa shape index (κ2) is 4.85. The van der Waals surface area contributed by atoms with Gasteiger partial charge in [-0.05, 0) is 42.7 Å². The van der Waals surface area contributed by atoms with Crippen molar-refractivity contribution >= 4 is 17.6 Å². The van der Waals surface area contributed by atoms with Gasteiger partial charge < -0.3 is 15.0 Å². The van der Waals surface area contributed by atoms with Crippen LogP contribution >= 0.6 is 0 Å². The van der Waals surface area contributed by atoms with Gasteiger partial charge in [0.15, 0.2) is 0 Å². The number of H-pyrrole nitrogens is 1. The maximum Gasteiger partial charge on any atom is 0.336 e. The zero-order chi connectivity index (χ0) is 14.1. The molecule has 2 N–H and O–H groups in total. The fourth-order valence-corrected chi connectivity index (χ4v) is 2.64. The molecule has 2 aromatic rings. The van der Waals surface area contributed by atoms with E-state index in [0.717, 1.165) is 12.0 Å². The van der Waals surface area contributed by atoms with Gasteiger partial charge in [-0.15, -0.1) is 0 Å². The van der Waals surface area contributed by atoms with Crippen LogP contribution in [-0.2, 0) is 6.42 Å². The van der Waals surface area contributed by atoms with Gasteiger partial charge in [0.25, 0.3) is 5.91 Å². The minimum absolute atomic E-state index is 0.126. The maximum atomic E-state index is 12.5. The monoisotopic (exact) mass is 270 g/mol. The van der Waals surface area contributed by atoms with Crippen LogP contribution in [0.25, 0.3) is 0 Å². The Labute approximate surface area is 115 Å². The minimum atomic E-state index is -0.948. The van der Waals surface area contributed by atoms with Crippen LogP contribution in [0, 0.1) is 0 Å². The van der Waals surface area contributed by atoms with Crippen molar-refractivity contribution in [3.63, 3.8) is 0 Å². The number of benzene rings is 1. The van der Waals surface area contributed by atoms with Crippen molar-refractivity contribution in [3.8, 4) is 0 Å². The number of fused-ring (bicyclic) bond motifs is 1. The zero-order valence-electron chi connectivity index (χ0n) is 10.8. The van der Waals surface area contributed by atoms with Crippen molar-refractivity contribution in [3.05, 3.63) is 53.3 Å². The molecular weight excluding hydrogens is 256 g/mol. The van der Waals surface area contributed by atoms with Crippen molar-refractivity contribution < 1.29 is 14.7 Å². The van der Waals surface area contributed by atoms with Crippen molar-refractivity contribution in [2.75, 3.05) is 11.4 Å². The van der Waals surface area contributed by atoms with Crippen molar-refractivity contribution in [1.82, 2.24) is 4.98 Å². The number of aromatic nitrogens is 1. The van der Waals surface area contributed by atoms with E-state index in [1.54, 1.807) is 35.4 Å². The first-order valence-corrected chi connectivity index (χ1v) is 6.49. The van der Waals surface area contributed by atoms with Crippen LogP contribution in [0.15, 0.2) is 36.5 Å². The summed E-state index contributed by atoms with van der Waals surface area (Å²) in [4.78, 5) is 28.3. The molecule has 1 aromatic carbocycles. The molecule has 5 heteroatoms. The lowest BCUT2D eigenvalue weighted by Crippen LogP contribution is -2.36. The van der Waals surface area contributed by atoms with Gasteiger partial charge in [0.1, 0.15) is 5.69 Å². The van der Waals surface area contributed by atoms with E-state index in [4.69, 9.17) is 0 Å². The van der Waals surface area contributed by atoms with E-state index in [0.29, 0.717) is 24.3 Å².